The summed E-state index contributed by atoms with van der Waals surface area (Å²) in [5, 5.41) is 37.5. The van der Waals surface area contributed by atoms with Crippen molar-refractivity contribution in [3.63, 3.8) is 0 Å². The lowest BCUT2D eigenvalue weighted by Crippen LogP contribution is -2.49. The number of nitriles is 3. The van der Waals surface area contributed by atoms with E-state index in [4.69, 9.17) is 5.41 Å². The fourth-order valence-corrected chi connectivity index (χ4v) is 4.08. The number of nitrogens with zero attached hydrogens (tertiary/aromatic N) is 3. The van der Waals surface area contributed by atoms with Crippen LogP contribution in [0.3, 0.4) is 0 Å². The molecule has 24 heavy (non-hydrogen) atoms. The maximum absolute atomic E-state index is 14.5. The van der Waals surface area contributed by atoms with Crippen molar-refractivity contribution in [2.45, 2.75) is 25.2 Å². The van der Waals surface area contributed by atoms with E-state index >= 15 is 0 Å². The molecule has 4 nitrogen and oxygen atoms in total. The minimum absolute atomic E-state index is 0.229. The molecule has 0 spiro atoms. The molecule has 1 saturated carbocycles. The fraction of sp³-hybridized carbons (Fsp3) is 0.368. The molecule has 1 N–H and O–H groups in total. The van der Waals surface area contributed by atoms with Gasteiger partial charge in [-0.2, -0.15) is 15.8 Å². The van der Waals surface area contributed by atoms with E-state index < -0.39 is 23.1 Å². The molecular weight excluding hydrogens is 303 g/mol. The average Bonchev–Trinajstić information content (AvgIpc) is 2.62. The normalized spacial score (nSPS) is 27.8. The molecule has 0 heterocycles. The molecule has 118 valence electrons. The van der Waals surface area contributed by atoms with Crippen molar-refractivity contribution >= 4 is 5.71 Å². The van der Waals surface area contributed by atoms with Crippen LogP contribution in [-0.2, 0) is 0 Å². The van der Waals surface area contributed by atoms with Gasteiger partial charge in [-0.25, -0.2) is 4.39 Å². The molecule has 1 aromatic carbocycles. The summed E-state index contributed by atoms with van der Waals surface area (Å²) in [6, 6.07) is 12.1. The molecule has 1 fully saturated rings. The highest BCUT2D eigenvalue weighted by Crippen LogP contribution is 2.55. The van der Waals surface area contributed by atoms with E-state index in [2.05, 4.69) is 6.07 Å². The van der Waals surface area contributed by atoms with Crippen molar-refractivity contribution in [3.05, 3.63) is 47.3 Å². The molecule has 3 rings (SSSR count). The Bertz CT molecular complexity index is 835. The number of rotatable bonds is 1. The molecule has 5 heteroatoms. The first-order valence-corrected chi connectivity index (χ1v) is 7.86. The molecule has 3 unspecified atom stereocenters. The first-order chi connectivity index (χ1) is 11.6. The Labute approximate surface area is 140 Å². The zero-order valence-electron chi connectivity index (χ0n) is 13.0. The van der Waals surface area contributed by atoms with Gasteiger partial charge in [-0.15, -0.1) is 0 Å². The van der Waals surface area contributed by atoms with Gasteiger partial charge >= 0.3 is 0 Å². The summed E-state index contributed by atoms with van der Waals surface area (Å²) < 4.78 is 14.5. The van der Waals surface area contributed by atoms with E-state index in [-0.39, 0.29) is 17.2 Å². The highest BCUT2D eigenvalue weighted by Gasteiger charge is 2.57. The van der Waals surface area contributed by atoms with Crippen LogP contribution in [0.2, 0.25) is 0 Å². The van der Waals surface area contributed by atoms with Crippen LogP contribution >= 0.6 is 0 Å². The second-order valence-electron chi connectivity index (χ2n) is 6.25. The van der Waals surface area contributed by atoms with Gasteiger partial charge in [0.25, 0.3) is 0 Å². The maximum atomic E-state index is 14.5. The van der Waals surface area contributed by atoms with Crippen LogP contribution in [-0.4, -0.2) is 5.71 Å². The zero-order valence-corrected chi connectivity index (χ0v) is 13.0. The summed E-state index contributed by atoms with van der Waals surface area (Å²) >= 11 is 0. The average molecular weight is 318 g/mol. The quantitative estimate of drug-likeness (QED) is 0.797. The van der Waals surface area contributed by atoms with Crippen molar-refractivity contribution < 1.29 is 4.39 Å². The van der Waals surface area contributed by atoms with Crippen LogP contribution in [0.4, 0.5) is 4.39 Å². The number of benzene rings is 1. The van der Waals surface area contributed by atoms with Crippen LogP contribution < -0.4 is 0 Å². The molecule has 2 aliphatic rings. The molecule has 0 amide bonds. The minimum Gasteiger partial charge on any atom is -0.305 e. The summed E-state index contributed by atoms with van der Waals surface area (Å²) in [4.78, 5) is 0. The topological polar surface area (TPSA) is 95.2 Å². The van der Waals surface area contributed by atoms with Crippen molar-refractivity contribution in [1.29, 1.82) is 21.2 Å². The lowest BCUT2D eigenvalue weighted by molar-refractivity contribution is 0.313. The molecule has 0 bridgehead atoms. The van der Waals surface area contributed by atoms with Crippen LogP contribution in [0.15, 0.2) is 35.9 Å². The molecule has 2 aliphatic carbocycles. The second kappa shape index (κ2) is 5.91. The third-order valence-electron chi connectivity index (χ3n) is 5.17. The van der Waals surface area contributed by atoms with Gasteiger partial charge in [0.05, 0.1) is 23.9 Å². The smallest absolute Gasteiger partial charge is 0.189 e. The van der Waals surface area contributed by atoms with Gasteiger partial charge in [-0.05, 0) is 42.4 Å². The molecule has 0 saturated heterocycles. The van der Waals surface area contributed by atoms with Gasteiger partial charge in [-0.3, -0.25) is 0 Å². The number of nitrogens with one attached hydrogen (secondary N) is 1. The monoisotopic (exact) mass is 318 g/mol. The molecule has 0 aromatic heterocycles. The highest BCUT2D eigenvalue weighted by atomic mass is 19.1. The third kappa shape index (κ3) is 2.04. The van der Waals surface area contributed by atoms with Crippen molar-refractivity contribution in [2.24, 2.45) is 17.3 Å². The second-order valence-corrected chi connectivity index (χ2v) is 6.25. The van der Waals surface area contributed by atoms with E-state index in [1.807, 2.05) is 18.2 Å². The summed E-state index contributed by atoms with van der Waals surface area (Å²) in [6.45, 7) is 0. The van der Waals surface area contributed by atoms with Gasteiger partial charge in [0.15, 0.2) is 5.41 Å². The van der Waals surface area contributed by atoms with Gasteiger partial charge in [0, 0.05) is 5.92 Å². The van der Waals surface area contributed by atoms with Gasteiger partial charge in [0.2, 0.25) is 0 Å². The summed E-state index contributed by atoms with van der Waals surface area (Å²) in [5.41, 5.74) is -1.00. The number of hydrogen-bond donors (Lipinski definition) is 1. The Morgan fingerprint density at radius 2 is 1.88 bits per heavy atom. The maximum Gasteiger partial charge on any atom is 0.189 e. The van der Waals surface area contributed by atoms with Crippen LogP contribution in [0, 0.1) is 62.5 Å². The molecule has 0 radical (unpaired) electrons. The molecule has 0 aliphatic heterocycles. The molecule has 3 atom stereocenters. The summed E-state index contributed by atoms with van der Waals surface area (Å²) in [7, 11) is 0. The Morgan fingerprint density at radius 3 is 2.50 bits per heavy atom. The van der Waals surface area contributed by atoms with Crippen molar-refractivity contribution in [3.8, 4) is 18.2 Å². The van der Waals surface area contributed by atoms with E-state index in [1.165, 1.54) is 6.07 Å². The number of allylic oxidation sites excluding steroid dienone is 2. The Balaban J connectivity index is 2.29. The van der Waals surface area contributed by atoms with E-state index in [1.54, 1.807) is 18.2 Å². The van der Waals surface area contributed by atoms with Gasteiger partial charge < -0.3 is 5.41 Å². The number of halogens is 1. The Kier molecular flexibility index (Phi) is 3.92. The number of fused-ring (bicyclic) bond motifs is 1. The van der Waals surface area contributed by atoms with Crippen molar-refractivity contribution in [2.75, 3.05) is 0 Å². The lowest BCUT2D eigenvalue weighted by atomic mass is 9.53. The standard InChI is InChI=1S/C19H15FN4/c20-16-8-4-3-7-14(16)17-13-6-2-1-5-12(13)15(9-21)18(24)19(17,10-22)11-23/h3-5,7-8,13,15,17,24H,1-2,6H2. The Hall–Kier alpha value is -2.97. The predicted molar refractivity (Wildman–Crippen MR) is 85.1 cm³/mol. The SMILES string of the molecule is N#CC1C(=N)C(C#N)(C#N)C(c2ccccc2F)C2CCCC=C12. The van der Waals surface area contributed by atoms with E-state index in [9.17, 15) is 20.2 Å². The first kappa shape index (κ1) is 15.9. The predicted octanol–water partition coefficient (Wildman–Crippen LogP) is 3.84. The van der Waals surface area contributed by atoms with Crippen molar-refractivity contribution in [1.82, 2.24) is 0 Å². The number of hydrogen-bond acceptors (Lipinski definition) is 4. The largest absolute Gasteiger partial charge is 0.305 e. The lowest BCUT2D eigenvalue weighted by Gasteiger charge is -2.45. The summed E-state index contributed by atoms with van der Waals surface area (Å²) in [5.74, 6) is -2.39. The third-order valence-corrected chi connectivity index (χ3v) is 5.17. The van der Waals surface area contributed by atoms with Crippen LogP contribution in [0.25, 0.3) is 0 Å². The van der Waals surface area contributed by atoms with Gasteiger partial charge in [0.1, 0.15) is 11.7 Å². The zero-order chi connectivity index (χ0) is 17.3. The Morgan fingerprint density at radius 1 is 1.17 bits per heavy atom. The van der Waals surface area contributed by atoms with E-state index in [0.29, 0.717) is 6.42 Å². The first-order valence-electron chi connectivity index (χ1n) is 7.86. The van der Waals surface area contributed by atoms with Crippen LogP contribution in [0.1, 0.15) is 30.7 Å². The van der Waals surface area contributed by atoms with E-state index in [0.717, 1.165) is 18.4 Å². The summed E-state index contributed by atoms with van der Waals surface area (Å²) in [6.07, 6.45) is 4.27. The highest BCUT2D eigenvalue weighted by molar-refractivity contribution is 6.00. The molecular formula is C19H15FN4. The minimum atomic E-state index is -1.82. The van der Waals surface area contributed by atoms with Crippen LogP contribution in [0.5, 0.6) is 0 Å². The molecule has 1 aromatic rings. The fourth-order valence-electron chi connectivity index (χ4n) is 4.08. The van der Waals surface area contributed by atoms with Gasteiger partial charge in [-0.1, -0.05) is 24.3 Å².